The third-order valence-corrected chi connectivity index (χ3v) is 2.85. The number of rotatable bonds is 2. The summed E-state index contributed by atoms with van der Waals surface area (Å²) >= 11 is 0. The third kappa shape index (κ3) is 1.46. The lowest BCUT2D eigenvalue weighted by Crippen LogP contribution is -2.83. The van der Waals surface area contributed by atoms with Crippen molar-refractivity contribution in [3.05, 3.63) is 0 Å². The minimum absolute atomic E-state index is 0.271. The van der Waals surface area contributed by atoms with Crippen molar-refractivity contribution < 1.29 is 53.5 Å². The van der Waals surface area contributed by atoms with Crippen molar-refractivity contribution in [1.29, 1.82) is 0 Å². The number of halogens is 10. The van der Waals surface area contributed by atoms with Gasteiger partial charge in [-0.25, -0.2) is 18.4 Å². The van der Waals surface area contributed by atoms with Gasteiger partial charge in [-0.05, 0) is 0 Å². The first kappa shape index (κ1) is 18.1. The van der Waals surface area contributed by atoms with E-state index in [-0.39, 0.29) is 12.2 Å². The second-order valence-corrected chi connectivity index (χ2v) is 3.95. The average Bonchev–Trinajstić information content (AvgIpc) is 2.36. The fourth-order valence-electron chi connectivity index (χ4n) is 1.64. The van der Waals surface area contributed by atoms with Crippen LogP contribution in [0.4, 0.5) is 43.9 Å². The highest BCUT2D eigenvalue weighted by atomic mass is 19.4. The lowest BCUT2D eigenvalue weighted by molar-refractivity contribution is -0.461. The summed E-state index contributed by atoms with van der Waals surface area (Å²) in [5.74, 6) is -41.1. The highest BCUT2D eigenvalue weighted by Crippen LogP contribution is 2.69. The van der Waals surface area contributed by atoms with Crippen LogP contribution in [0.3, 0.4) is 0 Å². The molecule has 0 aromatic rings. The number of carbonyl (C=O) groups excluding carboxylic acids is 2. The molecule has 1 rings (SSSR count). The minimum Gasteiger partial charge on any atom is -0.211 e. The minimum atomic E-state index is -7.20. The van der Waals surface area contributed by atoms with Gasteiger partial charge >= 0.3 is 35.3 Å². The molecular weight excluding hydrogens is 346 g/mol. The molecule has 2 unspecified atom stereocenters. The van der Waals surface area contributed by atoms with Crippen molar-refractivity contribution in [1.82, 2.24) is 0 Å². The summed E-state index contributed by atoms with van der Waals surface area (Å²) in [5, 5.41) is 0. The Hall–Kier alpha value is -1.94. The highest BCUT2D eigenvalue weighted by Gasteiger charge is 3.01. The van der Waals surface area contributed by atoms with E-state index in [2.05, 4.69) is 0 Å². The van der Waals surface area contributed by atoms with E-state index in [1.54, 1.807) is 0 Å². The molecule has 4 nitrogen and oxygen atoms in total. The van der Waals surface area contributed by atoms with Gasteiger partial charge < -0.3 is 0 Å². The van der Waals surface area contributed by atoms with Gasteiger partial charge in [0.1, 0.15) is 0 Å². The van der Waals surface area contributed by atoms with E-state index in [0.29, 0.717) is 0 Å². The van der Waals surface area contributed by atoms with Gasteiger partial charge in [0.05, 0.1) is 0 Å². The number of hydrogen-bond donors (Lipinski definition) is 0. The van der Waals surface area contributed by atoms with Gasteiger partial charge in [0.25, 0.3) is 0 Å². The van der Waals surface area contributed by atoms with Crippen LogP contribution in [-0.4, -0.2) is 47.4 Å². The third-order valence-electron chi connectivity index (χ3n) is 2.85. The molecule has 14 heteroatoms. The van der Waals surface area contributed by atoms with Crippen molar-refractivity contribution >= 4 is 12.2 Å². The quantitative estimate of drug-likeness (QED) is 0.334. The molecule has 0 saturated heterocycles. The summed E-state index contributed by atoms with van der Waals surface area (Å²) in [6.45, 7) is 0. The maximum atomic E-state index is 13.8. The molecule has 1 aliphatic rings. The van der Waals surface area contributed by atoms with Gasteiger partial charge in [0, 0.05) is 0 Å². The molecule has 2 atom stereocenters. The summed E-state index contributed by atoms with van der Waals surface area (Å²) in [6, 6.07) is 0. The Bertz CT molecular complexity index is 542. The zero-order valence-corrected chi connectivity index (χ0v) is 9.49. The molecule has 0 spiro atoms. The van der Waals surface area contributed by atoms with E-state index in [4.69, 9.17) is 0 Å². The summed E-state index contributed by atoms with van der Waals surface area (Å²) < 4.78 is 132. The lowest BCUT2D eigenvalue weighted by atomic mass is 9.75. The molecule has 0 N–H and O–H groups in total. The smallest absolute Gasteiger partial charge is 0.211 e. The summed E-state index contributed by atoms with van der Waals surface area (Å²) in [4.78, 5) is 21.9. The van der Waals surface area contributed by atoms with Gasteiger partial charge in [-0.3, -0.25) is 0 Å². The van der Waals surface area contributed by atoms with Gasteiger partial charge in [-0.1, -0.05) is 0 Å². The summed E-state index contributed by atoms with van der Waals surface area (Å²) in [6.07, 6.45) is -0.543. The van der Waals surface area contributed by atoms with Crippen LogP contribution in [0.15, 0.2) is 9.98 Å². The van der Waals surface area contributed by atoms with Gasteiger partial charge in [0.2, 0.25) is 12.2 Å². The maximum Gasteiger partial charge on any atom is 0.384 e. The zero-order chi connectivity index (χ0) is 17.8. The van der Waals surface area contributed by atoms with Gasteiger partial charge in [-0.15, -0.1) is 0 Å². The fourth-order valence-corrected chi connectivity index (χ4v) is 1.64. The Morgan fingerprint density at radius 1 is 0.500 bits per heavy atom. The molecule has 0 amide bonds. The molecule has 0 aromatic heterocycles. The number of alkyl halides is 10. The van der Waals surface area contributed by atoms with Gasteiger partial charge in [-0.2, -0.15) is 45.1 Å². The summed E-state index contributed by atoms with van der Waals surface area (Å²) in [7, 11) is 0. The molecule has 0 heterocycles. The maximum absolute atomic E-state index is 13.8. The van der Waals surface area contributed by atoms with E-state index in [9.17, 15) is 53.5 Å². The first-order chi connectivity index (χ1) is 9.62. The first-order valence-corrected chi connectivity index (χ1v) is 4.69. The molecule has 0 radical (unpaired) electrons. The Morgan fingerprint density at radius 3 is 0.909 bits per heavy atom. The van der Waals surface area contributed by atoms with Crippen LogP contribution in [0.25, 0.3) is 0 Å². The Balaban J connectivity index is 4.05. The molecule has 124 valence electrons. The monoisotopic (exact) mass is 346 g/mol. The second kappa shape index (κ2) is 4.29. The molecular formula is C8F10N2O2. The van der Waals surface area contributed by atoms with E-state index >= 15 is 0 Å². The normalized spacial score (nSPS) is 37.5. The second-order valence-electron chi connectivity index (χ2n) is 3.95. The molecule has 1 fully saturated rings. The number of aliphatic imine (C=N–C) groups is 2. The number of hydrogen-bond acceptors (Lipinski definition) is 4. The van der Waals surface area contributed by atoms with Crippen molar-refractivity contribution in [2.24, 2.45) is 9.98 Å². The van der Waals surface area contributed by atoms with E-state index in [0.717, 1.165) is 9.98 Å². The molecule has 1 saturated carbocycles. The van der Waals surface area contributed by atoms with Crippen molar-refractivity contribution in [3.8, 4) is 0 Å². The predicted molar refractivity (Wildman–Crippen MR) is 43.7 cm³/mol. The van der Waals surface area contributed by atoms with Crippen molar-refractivity contribution in [2.75, 3.05) is 0 Å². The molecule has 1 aliphatic carbocycles. The van der Waals surface area contributed by atoms with Crippen LogP contribution >= 0.6 is 0 Å². The number of isocyanates is 2. The average molecular weight is 346 g/mol. The van der Waals surface area contributed by atoms with Crippen LogP contribution in [0.5, 0.6) is 0 Å². The number of nitrogens with zero attached hydrogens (tertiary/aromatic N) is 2. The van der Waals surface area contributed by atoms with Crippen molar-refractivity contribution in [2.45, 2.75) is 35.3 Å². The standard InChI is InChI=1S/C8F10N2O2/c9-3(10)4(11,12)6(15,16)8(18,20-2-22)7(17,19-1-21)5(3,13)14. The highest BCUT2D eigenvalue weighted by molar-refractivity contribution is 5.43. The van der Waals surface area contributed by atoms with Crippen LogP contribution in [-0.2, 0) is 9.59 Å². The molecule has 0 bridgehead atoms. The lowest BCUT2D eigenvalue weighted by Gasteiger charge is -2.51. The van der Waals surface area contributed by atoms with Crippen LogP contribution in [0, 0.1) is 0 Å². The summed E-state index contributed by atoms with van der Waals surface area (Å²) in [5.41, 5.74) is 0. The largest absolute Gasteiger partial charge is 0.384 e. The Morgan fingerprint density at radius 2 is 0.727 bits per heavy atom. The fraction of sp³-hybridized carbons (Fsp3) is 0.750. The topological polar surface area (TPSA) is 58.9 Å². The van der Waals surface area contributed by atoms with Gasteiger partial charge in [0.15, 0.2) is 0 Å². The van der Waals surface area contributed by atoms with Crippen LogP contribution < -0.4 is 0 Å². The van der Waals surface area contributed by atoms with Crippen LogP contribution in [0.1, 0.15) is 0 Å². The Kier molecular flexibility index (Phi) is 3.53. The van der Waals surface area contributed by atoms with Crippen molar-refractivity contribution in [3.63, 3.8) is 0 Å². The van der Waals surface area contributed by atoms with Crippen LogP contribution in [0.2, 0.25) is 0 Å². The van der Waals surface area contributed by atoms with E-state index < -0.39 is 35.3 Å². The zero-order valence-electron chi connectivity index (χ0n) is 9.49. The Labute approximate surface area is 112 Å². The van der Waals surface area contributed by atoms with E-state index in [1.165, 1.54) is 0 Å². The first-order valence-electron chi connectivity index (χ1n) is 4.69. The molecule has 0 aromatic carbocycles. The van der Waals surface area contributed by atoms with E-state index in [1.807, 2.05) is 0 Å². The molecule has 0 aliphatic heterocycles. The SMILES string of the molecule is O=C=NC1(F)C(F)(F)C(F)(F)C(F)(F)C(F)(F)C1(F)N=C=O. The molecule has 22 heavy (non-hydrogen) atoms. The predicted octanol–water partition coefficient (Wildman–Crippen LogP) is 2.54.